The Morgan fingerprint density at radius 1 is 1.50 bits per heavy atom. The minimum absolute atomic E-state index is 0.164. The molecule has 7 nitrogen and oxygen atoms in total. The van der Waals surface area contributed by atoms with Gasteiger partial charge in [-0.2, -0.15) is 0 Å². The first-order chi connectivity index (χ1) is 9.31. The monoisotopic (exact) mass is 321 g/mol. The second kappa shape index (κ2) is 6.98. The number of rotatable bonds is 7. The van der Waals surface area contributed by atoms with Crippen LogP contribution in [0.3, 0.4) is 0 Å². The van der Waals surface area contributed by atoms with Gasteiger partial charge in [0.15, 0.2) is 0 Å². The lowest BCUT2D eigenvalue weighted by Crippen LogP contribution is -2.40. The minimum atomic E-state index is -3.85. The number of non-ortho nitro benzene ring substituents is 1. The number of hydrogen-bond donors (Lipinski definition) is 2. The molecule has 0 aliphatic rings. The molecular weight excluding hydrogens is 306 g/mol. The van der Waals surface area contributed by atoms with E-state index in [1.165, 1.54) is 0 Å². The summed E-state index contributed by atoms with van der Waals surface area (Å²) in [5.41, 5.74) is 5.23. The van der Waals surface area contributed by atoms with Crippen molar-refractivity contribution in [2.75, 3.05) is 6.54 Å². The number of benzene rings is 1. The molecule has 1 aromatic carbocycles. The van der Waals surface area contributed by atoms with E-state index in [1.54, 1.807) is 0 Å². The molecule has 0 saturated carbocycles. The third-order valence-electron chi connectivity index (χ3n) is 2.66. The predicted molar refractivity (Wildman–Crippen MR) is 76.2 cm³/mol. The topological polar surface area (TPSA) is 115 Å². The molecule has 3 N–H and O–H groups in total. The van der Waals surface area contributed by atoms with E-state index >= 15 is 0 Å². The normalized spacial score (nSPS) is 13.2. The van der Waals surface area contributed by atoms with Gasteiger partial charge in [-0.15, -0.1) is 0 Å². The molecule has 9 heteroatoms. The first kappa shape index (κ1) is 16.8. The highest BCUT2D eigenvalue weighted by molar-refractivity contribution is 7.89. The van der Waals surface area contributed by atoms with Gasteiger partial charge in [-0.25, -0.2) is 13.1 Å². The van der Waals surface area contributed by atoms with Gasteiger partial charge in [0.1, 0.15) is 4.90 Å². The zero-order chi connectivity index (χ0) is 15.3. The van der Waals surface area contributed by atoms with Crippen LogP contribution in [0.1, 0.15) is 19.8 Å². The first-order valence-corrected chi connectivity index (χ1v) is 7.84. The molecule has 0 saturated heterocycles. The number of nitrogens with two attached hydrogens (primary N) is 1. The van der Waals surface area contributed by atoms with Crippen LogP contribution in [0.15, 0.2) is 23.1 Å². The molecule has 0 amide bonds. The molecule has 0 fully saturated rings. The van der Waals surface area contributed by atoms with E-state index in [9.17, 15) is 18.5 Å². The van der Waals surface area contributed by atoms with E-state index in [0.717, 1.165) is 24.6 Å². The van der Waals surface area contributed by atoms with Crippen LogP contribution in [0.4, 0.5) is 5.69 Å². The number of nitro groups is 1. The van der Waals surface area contributed by atoms with Crippen molar-refractivity contribution >= 4 is 27.3 Å². The number of nitrogens with zero attached hydrogens (tertiary/aromatic N) is 1. The second-order valence-corrected chi connectivity index (χ2v) is 6.30. The maximum absolute atomic E-state index is 12.2. The highest BCUT2D eigenvalue weighted by atomic mass is 35.5. The standard InChI is InChI=1S/C11H16ClN3O4S/c1-2-3-8(7-13)14-20(18,19)11-5-4-9(15(16)17)6-10(11)12/h4-6,8,14H,2-3,7,13H2,1H3. The average Bonchev–Trinajstić information content (AvgIpc) is 2.37. The smallest absolute Gasteiger partial charge is 0.271 e. The van der Waals surface area contributed by atoms with Crippen LogP contribution in [0.25, 0.3) is 0 Å². The summed E-state index contributed by atoms with van der Waals surface area (Å²) in [4.78, 5) is 9.75. The van der Waals surface area contributed by atoms with Crippen molar-refractivity contribution < 1.29 is 13.3 Å². The van der Waals surface area contributed by atoms with Crippen LogP contribution < -0.4 is 10.5 Å². The maximum Gasteiger partial charge on any atom is 0.271 e. The molecular formula is C11H16ClN3O4S. The van der Waals surface area contributed by atoms with Gasteiger partial charge in [0.05, 0.1) is 9.95 Å². The number of hydrogen-bond acceptors (Lipinski definition) is 5. The fourth-order valence-corrected chi connectivity index (χ4v) is 3.50. The van der Waals surface area contributed by atoms with Gasteiger partial charge < -0.3 is 5.73 Å². The largest absolute Gasteiger partial charge is 0.329 e. The van der Waals surface area contributed by atoms with Crippen LogP contribution in [0.2, 0.25) is 5.02 Å². The lowest BCUT2D eigenvalue weighted by molar-refractivity contribution is -0.384. The zero-order valence-corrected chi connectivity index (χ0v) is 12.4. The molecule has 1 atom stereocenters. The lowest BCUT2D eigenvalue weighted by Gasteiger charge is -2.16. The van der Waals surface area contributed by atoms with Crippen molar-refractivity contribution in [3.8, 4) is 0 Å². The van der Waals surface area contributed by atoms with E-state index in [1.807, 2.05) is 6.92 Å². The fraction of sp³-hybridized carbons (Fsp3) is 0.455. The summed E-state index contributed by atoms with van der Waals surface area (Å²) in [5, 5.41) is 10.4. The van der Waals surface area contributed by atoms with Gasteiger partial charge in [0, 0.05) is 24.7 Å². The predicted octanol–water partition coefficient (Wildman–Crippen LogP) is 1.65. The maximum atomic E-state index is 12.2. The Kier molecular flexibility index (Phi) is 5.88. The molecule has 0 heterocycles. The summed E-state index contributed by atoms with van der Waals surface area (Å²) in [6.07, 6.45) is 1.37. The molecule has 0 bridgehead atoms. The van der Waals surface area contributed by atoms with Gasteiger partial charge in [0.2, 0.25) is 10.0 Å². The Morgan fingerprint density at radius 2 is 2.15 bits per heavy atom. The van der Waals surface area contributed by atoms with E-state index in [4.69, 9.17) is 17.3 Å². The van der Waals surface area contributed by atoms with Crippen LogP contribution >= 0.6 is 11.6 Å². The van der Waals surface area contributed by atoms with Crippen LogP contribution in [-0.2, 0) is 10.0 Å². The number of halogens is 1. The number of nitrogens with one attached hydrogen (secondary N) is 1. The number of sulfonamides is 1. The zero-order valence-electron chi connectivity index (χ0n) is 10.9. The molecule has 0 aliphatic carbocycles. The molecule has 1 aromatic rings. The third kappa shape index (κ3) is 4.14. The average molecular weight is 322 g/mol. The molecule has 0 aromatic heterocycles. The summed E-state index contributed by atoms with van der Waals surface area (Å²) < 4.78 is 26.8. The Morgan fingerprint density at radius 3 is 2.60 bits per heavy atom. The molecule has 0 radical (unpaired) electrons. The Bertz CT molecular complexity index is 591. The molecule has 0 spiro atoms. The minimum Gasteiger partial charge on any atom is -0.329 e. The Balaban J connectivity index is 3.06. The SMILES string of the molecule is CCCC(CN)NS(=O)(=O)c1ccc([N+](=O)[O-])cc1Cl. The summed E-state index contributed by atoms with van der Waals surface area (Å²) in [7, 11) is -3.85. The van der Waals surface area contributed by atoms with Gasteiger partial charge >= 0.3 is 0 Å². The van der Waals surface area contributed by atoms with Gasteiger partial charge in [0.25, 0.3) is 5.69 Å². The van der Waals surface area contributed by atoms with E-state index < -0.39 is 21.0 Å². The molecule has 20 heavy (non-hydrogen) atoms. The van der Waals surface area contributed by atoms with Crippen LogP contribution in [0.5, 0.6) is 0 Å². The van der Waals surface area contributed by atoms with E-state index in [0.29, 0.717) is 6.42 Å². The van der Waals surface area contributed by atoms with Gasteiger partial charge in [-0.1, -0.05) is 24.9 Å². The van der Waals surface area contributed by atoms with E-state index in [-0.39, 0.29) is 22.2 Å². The molecule has 1 unspecified atom stereocenters. The molecule has 112 valence electrons. The van der Waals surface area contributed by atoms with Crippen molar-refractivity contribution in [1.29, 1.82) is 0 Å². The molecule has 0 aliphatic heterocycles. The fourth-order valence-electron chi connectivity index (χ4n) is 1.68. The summed E-state index contributed by atoms with van der Waals surface area (Å²) >= 11 is 5.81. The summed E-state index contributed by atoms with van der Waals surface area (Å²) in [6, 6.07) is 2.82. The van der Waals surface area contributed by atoms with Crippen molar-refractivity contribution in [2.24, 2.45) is 5.73 Å². The number of nitro benzene ring substituents is 1. The van der Waals surface area contributed by atoms with Crippen molar-refractivity contribution in [3.63, 3.8) is 0 Å². The highest BCUT2D eigenvalue weighted by Gasteiger charge is 2.23. The third-order valence-corrected chi connectivity index (χ3v) is 4.66. The Labute approximate surface area is 122 Å². The van der Waals surface area contributed by atoms with Crippen molar-refractivity contribution in [2.45, 2.75) is 30.7 Å². The van der Waals surface area contributed by atoms with E-state index in [2.05, 4.69) is 4.72 Å². The van der Waals surface area contributed by atoms with Crippen LogP contribution in [0, 0.1) is 10.1 Å². The van der Waals surface area contributed by atoms with Crippen LogP contribution in [-0.4, -0.2) is 25.9 Å². The lowest BCUT2D eigenvalue weighted by atomic mass is 10.2. The van der Waals surface area contributed by atoms with Crippen molar-refractivity contribution in [3.05, 3.63) is 33.3 Å². The quantitative estimate of drug-likeness (QED) is 0.585. The van der Waals surface area contributed by atoms with Crippen molar-refractivity contribution in [1.82, 2.24) is 4.72 Å². The summed E-state index contributed by atoms with van der Waals surface area (Å²) in [5.74, 6) is 0. The van der Waals surface area contributed by atoms with Gasteiger partial charge in [-0.05, 0) is 12.5 Å². The Hall–Kier alpha value is -1.22. The first-order valence-electron chi connectivity index (χ1n) is 5.98. The highest BCUT2D eigenvalue weighted by Crippen LogP contribution is 2.26. The van der Waals surface area contributed by atoms with Gasteiger partial charge in [-0.3, -0.25) is 10.1 Å². The second-order valence-electron chi connectivity index (χ2n) is 4.21. The summed E-state index contributed by atoms with van der Waals surface area (Å²) in [6.45, 7) is 2.08. The molecule has 1 rings (SSSR count).